The third kappa shape index (κ3) is 1.88. The van der Waals surface area contributed by atoms with Crippen LogP contribution in [0, 0.1) is 26.7 Å². The van der Waals surface area contributed by atoms with Gasteiger partial charge in [0.15, 0.2) is 5.78 Å². The van der Waals surface area contributed by atoms with Crippen LogP contribution in [-0.2, 0) is 4.79 Å². The molecule has 2 nitrogen and oxygen atoms in total. The van der Waals surface area contributed by atoms with Gasteiger partial charge in [-0.15, -0.1) is 0 Å². The topological polar surface area (TPSA) is 37.3 Å². The van der Waals surface area contributed by atoms with Gasteiger partial charge in [0.25, 0.3) is 0 Å². The monoisotopic (exact) mass is 230 g/mol. The summed E-state index contributed by atoms with van der Waals surface area (Å²) in [5.74, 6) is 0.271. The lowest BCUT2D eigenvalue weighted by atomic mass is 9.92. The second-order valence-corrected chi connectivity index (χ2v) is 5.06. The van der Waals surface area contributed by atoms with Gasteiger partial charge in [-0.25, -0.2) is 0 Å². The summed E-state index contributed by atoms with van der Waals surface area (Å²) >= 11 is 0. The number of aryl methyl sites for hydroxylation is 3. The normalized spacial score (nSPS) is 20.2. The minimum Gasteiger partial charge on any atom is -0.511 e. The Morgan fingerprint density at radius 2 is 1.71 bits per heavy atom. The molecule has 0 spiro atoms. The number of ketones is 1. The van der Waals surface area contributed by atoms with Crippen LogP contribution in [0.25, 0.3) is 5.57 Å². The summed E-state index contributed by atoms with van der Waals surface area (Å²) in [7, 11) is 0. The van der Waals surface area contributed by atoms with Gasteiger partial charge in [0.2, 0.25) is 0 Å². The minimum absolute atomic E-state index is 0.0439. The highest BCUT2D eigenvalue weighted by Gasteiger charge is 2.31. The van der Waals surface area contributed by atoms with Crippen molar-refractivity contribution in [2.75, 3.05) is 0 Å². The van der Waals surface area contributed by atoms with E-state index in [1.807, 2.05) is 27.7 Å². The maximum atomic E-state index is 12.0. The van der Waals surface area contributed by atoms with Crippen LogP contribution in [0.15, 0.2) is 17.9 Å². The molecule has 1 N–H and O–H groups in total. The zero-order chi connectivity index (χ0) is 12.7. The molecule has 2 heteroatoms. The van der Waals surface area contributed by atoms with E-state index in [1.165, 1.54) is 5.56 Å². The number of carbonyl (C=O) groups is 1. The van der Waals surface area contributed by atoms with Crippen LogP contribution >= 0.6 is 0 Å². The maximum absolute atomic E-state index is 12.0. The lowest BCUT2D eigenvalue weighted by Crippen LogP contribution is -2.01. The first-order chi connectivity index (χ1) is 7.91. The first-order valence-electron chi connectivity index (χ1n) is 5.96. The summed E-state index contributed by atoms with van der Waals surface area (Å²) in [6, 6.07) is 4.11. The second-order valence-electron chi connectivity index (χ2n) is 5.06. The molecule has 0 bridgehead atoms. The van der Waals surface area contributed by atoms with Gasteiger partial charge in [0, 0.05) is 12.3 Å². The zero-order valence-electron chi connectivity index (χ0n) is 10.8. The van der Waals surface area contributed by atoms with E-state index in [2.05, 4.69) is 12.1 Å². The number of Topliss-reactive ketones (excluding diaryl/α,β-unsaturated/α-hetero) is 1. The number of hydrogen-bond acceptors (Lipinski definition) is 2. The Labute approximate surface area is 102 Å². The molecule has 0 aromatic heterocycles. The Balaban J connectivity index is 2.67. The third-order valence-electron chi connectivity index (χ3n) is 3.42. The molecule has 0 fully saturated rings. The summed E-state index contributed by atoms with van der Waals surface area (Å²) in [4.78, 5) is 12.0. The predicted molar refractivity (Wildman–Crippen MR) is 69.0 cm³/mol. The highest BCUT2D eigenvalue weighted by atomic mass is 16.3. The SMILES string of the molecule is Cc1cc(C)c(C2=C(O)C(C)CC2=O)c(C)c1. The second kappa shape index (κ2) is 4.02. The van der Waals surface area contributed by atoms with Crippen molar-refractivity contribution >= 4 is 11.4 Å². The molecule has 0 saturated carbocycles. The van der Waals surface area contributed by atoms with Gasteiger partial charge < -0.3 is 5.11 Å². The number of allylic oxidation sites excluding steroid dienone is 2. The Hall–Kier alpha value is -1.57. The quantitative estimate of drug-likeness (QED) is 0.801. The Morgan fingerprint density at radius 1 is 1.18 bits per heavy atom. The van der Waals surface area contributed by atoms with Gasteiger partial charge >= 0.3 is 0 Å². The minimum atomic E-state index is -0.0439. The molecule has 90 valence electrons. The van der Waals surface area contributed by atoms with E-state index in [0.717, 1.165) is 16.7 Å². The lowest BCUT2D eigenvalue weighted by molar-refractivity contribution is -0.113. The summed E-state index contributed by atoms with van der Waals surface area (Å²) < 4.78 is 0. The van der Waals surface area contributed by atoms with Gasteiger partial charge in [0.05, 0.1) is 5.57 Å². The molecule has 1 unspecified atom stereocenters. The standard InChI is InChI=1S/C15H18O2/c1-8-5-9(2)13(10(3)6-8)14-12(16)7-11(4)15(14)17/h5-6,11,17H,7H2,1-4H3. The molecule has 1 aromatic carbocycles. The van der Waals surface area contributed by atoms with Crippen LogP contribution in [0.1, 0.15) is 35.6 Å². The highest BCUT2D eigenvalue weighted by Crippen LogP contribution is 2.36. The largest absolute Gasteiger partial charge is 0.511 e. The van der Waals surface area contributed by atoms with Gasteiger partial charge in [-0.1, -0.05) is 24.6 Å². The van der Waals surface area contributed by atoms with Crippen LogP contribution in [0.2, 0.25) is 0 Å². The molecule has 0 radical (unpaired) electrons. The Morgan fingerprint density at radius 3 is 2.12 bits per heavy atom. The van der Waals surface area contributed by atoms with Crippen molar-refractivity contribution in [1.82, 2.24) is 0 Å². The third-order valence-corrected chi connectivity index (χ3v) is 3.42. The first-order valence-corrected chi connectivity index (χ1v) is 5.96. The van der Waals surface area contributed by atoms with Crippen molar-refractivity contribution < 1.29 is 9.90 Å². The van der Waals surface area contributed by atoms with Gasteiger partial charge in [-0.3, -0.25) is 4.79 Å². The molecule has 1 aliphatic rings. The smallest absolute Gasteiger partial charge is 0.167 e. The number of rotatable bonds is 1. The van der Waals surface area contributed by atoms with E-state index in [4.69, 9.17) is 0 Å². The Kier molecular flexibility index (Phi) is 2.82. The van der Waals surface area contributed by atoms with Crippen LogP contribution in [0.5, 0.6) is 0 Å². The maximum Gasteiger partial charge on any atom is 0.167 e. The molecule has 17 heavy (non-hydrogen) atoms. The average molecular weight is 230 g/mol. The van der Waals surface area contributed by atoms with E-state index >= 15 is 0 Å². The zero-order valence-corrected chi connectivity index (χ0v) is 10.8. The molecular weight excluding hydrogens is 212 g/mol. The highest BCUT2D eigenvalue weighted by molar-refractivity contribution is 6.24. The molecule has 0 amide bonds. The van der Waals surface area contributed by atoms with Crippen LogP contribution in [0.4, 0.5) is 0 Å². The molecule has 1 aromatic rings. The van der Waals surface area contributed by atoms with Crippen LogP contribution in [-0.4, -0.2) is 10.9 Å². The fourth-order valence-electron chi connectivity index (χ4n) is 2.71. The molecule has 1 aliphatic carbocycles. The predicted octanol–water partition coefficient (Wildman–Crippen LogP) is 3.49. The van der Waals surface area contributed by atoms with Crippen molar-refractivity contribution in [1.29, 1.82) is 0 Å². The summed E-state index contributed by atoms with van der Waals surface area (Å²) in [5.41, 5.74) is 4.76. The summed E-state index contributed by atoms with van der Waals surface area (Å²) in [6.07, 6.45) is 0.425. The molecule has 0 heterocycles. The molecular formula is C15H18O2. The number of aliphatic hydroxyl groups excluding tert-OH is 1. The van der Waals surface area contributed by atoms with Crippen molar-refractivity contribution in [3.63, 3.8) is 0 Å². The fraction of sp³-hybridized carbons (Fsp3) is 0.400. The average Bonchev–Trinajstić information content (AvgIpc) is 2.43. The van der Waals surface area contributed by atoms with Crippen molar-refractivity contribution in [2.45, 2.75) is 34.1 Å². The number of carbonyl (C=O) groups excluding carboxylic acids is 1. The van der Waals surface area contributed by atoms with Crippen molar-refractivity contribution in [2.24, 2.45) is 5.92 Å². The summed E-state index contributed by atoms with van der Waals surface area (Å²) in [6.45, 7) is 7.91. The molecule has 0 aliphatic heterocycles. The van der Waals surface area contributed by atoms with E-state index in [-0.39, 0.29) is 17.5 Å². The number of aliphatic hydroxyl groups is 1. The molecule has 0 saturated heterocycles. The van der Waals surface area contributed by atoms with Gasteiger partial charge in [-0.05, 0) is 37.5 Å². The summed E-state index contributed by atoms with van der Waals surface area (Å²) in [5, 5.41) is 10.1. The van der Waals surface area contributed by atoms with Gasteiger partial charge in [-0.2, -0.15) is 0 Å². The fourth-order valence-corrected chi connectivity index (χ4v) is 2.71. The van der Waals surface area contributed by atoms with E-state index in [0.29, 0.717) is 12.0 Å². The molecule has 2 rings (SSSR count). The lowest BCUT2D eigenvalue weighted by Gasteiger charge is -2.12. The number of hydrogen-bond donors (Lipinski definition) is 1. The van der Waals surface area contributed by atoms with E-state index < -0.39 is 0 Å². The van der Waals surface area contributed by atoms with Crippen molar-refractivity contribution in [3.05, 3.63) is 40.1 Å². The van der Waals surface area contributed by atoms with Crippen LogP contribution < -0.4 is 0 Å². The van der Waals surface area contributed by atoms with E-state index in [9.17, 15) is 9.90 Å². The molecule has 1 atom stereocenters. The number of benzene rings is 1. The Bertz CT molecular complexity index is 501. The van der Waals surface area contributed by atoms with Gasteiger partial charge in [0.1, 0.15) is 5.76 Å². The van der Waals surface area contributed by atoms with E-state index in [1.54, 1.807) is 0 Å². The van der Waals surface area contributed by atoms with Crippen LogP contribution in [0.3, 0.4) is 0 Å². The van der Waals surface area contributed by atoms with Crippen molar-refractivity contribution in [3.8, 4) is 0 Å². The first kappa shape index (κ1) is 11.9.